The number of benzene rings is 1. The van der Waals surface area contributed by atoms with Crippen molar-refractivity contribution in [1.82, 2.24) is 20.1 Å². The standard InChI is InChI=1S/C30H30N6O2S/c1-30(2)13-21(16-33-30)35-7-8-38-26-10-18(14-31)9-24(28(26)35)23-5-6-32-25-12-22(39-29(23)25)17-36-27(37)11-20(15-34-36)19-3-4-19/h5-6,9-12,15,19,21,33H,3-4,7-8,13,16-17H2,1-2H3/t21-/m0/s1. The summed E-state index contributed by atoms with van der Waals surface area (Å²) in [6.45, 7) is 7.18. The number of pyridine rings is 1. The van der Waals surface area contributed by atoms with Crippen molar-refractivity contribution in [3.63, 3.8) is 0 Å². The normalized spacial score (nSPS) is 20.0. The van der Waals surface area contributed by atoms with Crippen LogP contribution >= 0.6 is 11.3 Å². The van der Waals surface area contributed by atoms with Crippen LogP contribution in [0.5, 0.6) is 5.75 Å². The molecule has 0 amide bonds. The second-order valence-corrected chi connectivity index (χ2v) is 12.6. The molecule has 198 valence electrons. The molecule has 0 unspecified atom stereocenters. The molecular weight excluding hydrogens is 508 g/mol. The quantitative estimate of drug-likeness (QED) is 0.395. The predicted octanol–water partition coefficient (Wildman–Crippen LogP) is 4.66. The zero-order valence-corrected chi connectivity index (χ0v) is 22.9. The third-order valence-electron chi connectivity index (χ3n) is 8.08. The van der Waals surface area contributed by atoms with Crippen LogP contribution in [0.2, 0.25) is 0 Å². The van der Waals surface area contributed by atoms with E-state index >= 15 is 0 Å². The molecule has 8 nitrogen and oxygen atoms in total. The number of nitrogens with one attached hydrogen (secondary N) is 1. The van der Waals surface area contributed by atoms with E-state index in [2.05, 4.69) is 40.2 Å². The molecule has 1 aliphatic carbocycles. The van der Waals surface area contributed by atoms with Gasteiger partial charge >= 0.3 is 0 Å². The van der Waals surface area contributed by atoms with Gasteiger partial charge in [-0.3, -0.25) is 9.78 Å². The van der Waals surface area contributed by atoms with Crippen molar-refractivity contribution < 1.29 is 4.74 Å². The Balaban J connectivity index is 1.31. The fraction of sp³-hybridized carbons (Fsp3) is 0.400. The zero-order chi connectivity index (χ0) is 26.7. The van der Waals surface area contributed by atoms with Gasteiger partial charge in [-0.2, -0.15) is 10.4 Å². The maximum absolute atomic E-state index is 12.8. The number of thiophene rings is 1. The molecule has 1 aromatic carbocycles. The van der Waals surface area contributed by atoms with E-state index in [4.69, 9.17) is 4.74 Å². The molecule has 5 heterocycles. The van der Waals surface area contributed by atoms with Crippen LogP contribution in [0.15, 0.2) is 47.5 Å². The number of nitriles is 1. The zero-order valence-electron chi connectivity index (χ0n) is 22.1. The number of aromatic nitrogens is 3. The van der Waals surface area contributed by atoms with E-state index in [0.717, 1.165) is 75.6 Å². The fourth-order valence-electron chi connectivity index (χ4n) is 5.99. The van der Waals surface area contributed by atoms with E-state index in [9.17, 15) is 10.1 Å². The van der Waals surface area contributed by atoms with Crippen LogP contribution in [-0.2, 0) is 6.54 Å². The minimum Gasteiger partial charge on any atom is -0.489 e. The summed E-state index contributed by atoms with van der Waals surface area (Å²) < 4.78 is 8.70. The highest BCUT2D eigenvalue weighted by molar-refractivity contribution is 7.19. The van der Waals surface area contributed by atoms with Crippen molar-refractivity contribution in [1.29, 1.82) is 5.26 Å². The van der Waals surface area contributed by atoms with Crippen molar-refractivity contribution >= 4 is 27.2 Å². The summed E-state index contributed by atoms with van der Waals surface area (Å²) in [5, 5.41) is 18.0. The van der Waals surface area contributed by atoms with Crippen molar-refractivity contribution in [2.45, 2.75) is 57.2 Å². The summed E-state index contributed by atoms with van der Waals surface area (Å²) in [6.07, 6.45) is 6.97. The molecule has 1 atom stereocenters. The van der Waals surface area contributed by atoms with Gasteiger partial charge in [0.05, 0.1) is 46.8 Å². The van der Waals surface area contributed by atoms with Crippen LogP contribution in [0.25, 0.3) is 21.3 Å². The summed E-state index contributed by atoms with van der Waals surface area (Å²) in [7, 11) is 0. The second kappa shape index (κ2) is 9.18. The Hall–Kier alpha value is -3.74. The summed E-state index contributed by atoms with van der Waals surface area (Å²) in [4.78, 5) is 20.9. The van der Waals surface area contributed by atoms with Crippen molar-refractivity contribution in [2.24, 2.45) is 0 Å². The average molecular weight is 539 g/mol. The molecule has 1 N–H and O–H groups in total. The summed E-state index contributed by atoms with van der Waals surface area (Å²) in [6, 6.07) is 12.3. The number of anilines is 1. The maximum Gasteiger partial charge on any atom is 0.267 e. The Bertz CT molecular complexity index is 1700. The topological polar surface area (TPSA) is 96.1 Å². The first-order valence-corrected chi connectivity index (χ1v) is 14.4. The number of hydrogen-bond donors (Lipinski definition) is 1. The van der Waals surface area contributed by atoms with Crippen LogP contribution < -0.4 is 20.5 Å². The molecule has 0 spiro atoms. The average Bonchev–Trinajstić information content (AvgIpc) is 3.60. The molecular formula is C30H30N6O2S. The molecule has 0 radical (unpaired) electrons. The lowest BCUT2D eigenvalue weighted by Crippen LogP contribution is -2.42. The molecule has 9 heteroatoms. The maximum atomic E-state index is 12.8. The number of rotatable bonds is 5. The van der Waals surface area contributed by atoms with E-state index in [0.29, 0.717) is 30.7 Å². The smallest absolute Gasteiger partial charge is 0.267 e. The summed E-state index contributed by atoms with van der Waals surface area (Å²) in [5.41, 5.74) is 5.55. The fourth-order valence-corrected chi connectivity index (χ4v) is 7.12. The van der Waals surface area contributed by atoms with E-state index in [-0.39, 0.29) is 11.1 Å². The largest absolute Gasteiger partial charge is 0.489 e. The van der Waals surface area contributed by atoms with Crippen LogP contribution in [-0.4, -0.2) is 46.0 Å². The van der Waals surface area contributed by atoms with Crippen molar-refractivity contribution in [2.75, 3.05) is 24.6 Å². The lowest BCUT2D eigenvalue weighted by molar-refractivity contribution is 0.300. The van der Waals surface area contributed by atoms with Crippen LogP contribution in [0.4, 0.5) is 5.69 Å². The van der Waals surface area contributed by atoms with Gasteiger partial charge in [0, 0.05) is 52.5 Å². The van der Waals surface area contributed by atoms with Gasteiger partial charge in [0.2, 0.25) is 0 Å². The van der Waals surface area contributed by atoms with Crippen LogP contribution in [0.1, 0.15) is 55.0 Å². The molecule has 2 fully saturated rings. The van der Waals surface area contributed by atoms with E-state index < -0.39 is 0 Å². The molecule has 39 heavy (non-hydrogen) atoms. The van der Waals surface area contributed by atoms with Gasteiger partial charge in [-0.15, -0.1) is 11.3 Å². The Kier molecular flexibility index (Phi) is 5.72. The third-order valence-corrected chi connectivity index (χ3v) is 9.22. The van der Waals surface area contributed by atoms with Gasteiger partial charge in [-0.25, -0.2) is 4.68 Å². The molecule has 1 saturated heterocycles. The minimum absolute atomic E-state index is 0.0679. The molecule has 0 bridgehead atoms. The first-order chi connectivity index (χ1) is 18.9. The Morgan fingerprint density at radius 3 is 2.85 bits per heavy atom. The lowest BCUT2D eigenvalue weighted by atomic mass is 9.96. The Morgan fingerprint density at radius 1 is 1.23 bits per heavy atom. The van der Waals surface area contributed by atoms with Crippen molar-refractivity contribution in [3.8, 4) is 22.9 Å². The first kappa shape index (κ1) is 24.3. The number of fused-ring (bicyclic) bond motifs is 2. The van der Waals surface area contributed by atoms with Gasteiger partial charge in [-0.05, 0) is 62.8 Å². The molecule has 2 aliphatic heterocycles. The monoisotopic (exact) mass is 538 g/mol. The lowest BCUT2D eigenvalue weighted by Gasteiger charge is -2.37. The van der Waals surface area contributed by atoms with Gasteiger partial charge < -0.3 is 15.0 Å². The highest BCUT2D eigenvalue weighted by Crippen LogP contribution is 2.46. The van der Waals surface area contributed by atoms with E-state index in [1.807, 2.05) is 36.7 Å². The van der Waals surface area contributed by atoms with E-state index in [1.165, 1.54) is 4.68 Å². The number of nitrogens with zero attached hydrogens (tertiary/aromatic N) is 5. The third kappa shape index (κ3) is 4.48. The molecule has 7 rings (SSSR count). The van der Waals surface area contributed by atoms with Crippen molar-refractivity contribution in [3.05, 3.63) is 69.1 Å². The number of ether oxygens (including phenoxy) is 1. The van der Waals surface area contributed by atoms with E-state index in [1.54, 1.807) is 17.4 Å². The second-order valence-electron chi connectivity index (χ2n) is 11.5. The molecule has 3 aliphatic rings. The first-order valence-electron chi connectivity index (χ1n) is 13.6. The van der Waals surface area contributed by atoms with Gasteiger partial charge in [0.1, 0.15) is 12.4 Å². The predicted molar refractivity (Wildman–Crippen MR) is 153 cm³/mol. The Labute approximate surface area is 230 Å². The van der Waals surface area contributed by atoms with Gasteiger partial charge in [-0.1, -0.05) is 0 Å². The SMILES string of the molecule is CC1(C)C[C@H](N2CCOc3cc(C#N)cc(-c4ccnc5cc(Cn6ncc(C7CC7)cc6=O)sc45)c32)CN1. The molecule has 3 aromatic heterocycles. The summed E-state index contributed by atoms with van der Waals surface area (Å²) in [5.74, 6) is 1.26. The molecule has 4 aromatic rings. The van der Waals surface area contributed by atoms with Crippen LogP contribution in [0, 0.1) is 11.3 Å². The van der Waals surface area contributed by atoms with Gasteiger partial charge in [0.15, 0.2) is 0 Å². The van der Waals surface area contributed by atoms with Gasteiger partial charge in [0.25, 0.3) is 5.56 Å². The minimum atomic E-state index is -0.0679. The summed E-state index contributed by atoms with van der Waals surface area (Å²) >= 11 is 1.63. The number of hydrogen-bond acceptors (Lipinski definition) is 8. The highest BCUT2D eigenvalue weighted by Gasteiger charge is 2.37. The van der Waals surface area contributed by atoms with Crippen LogP contribution in [0.3, 0.4) is 0 Å². The Morgan fingerprint density at radius 2 is 2.10 bits per heavy atom. The molecule has 1 saturated carbocycles. The highest BCUT2D eigenvalue weighted by atomic mass is 32.1.